The minimum absolute atomic E-state index is 0.00706. The maximum absolute atomic E-state index is 11.1. The largest absolute Gasteiger partial charge is 0.496 e. The Morgan fingerprint density at radius 1 is 1.44 bits per heavy atom. The quantitative estimate of drug-likeness (QED) is 0.795. The molecule has 0 atom stereocenters. The Hall–Kier alpha value is -1.55. The highest BCUT2D eigenvalue weighted by molar-refractivity contribution is 5.77. The molecule has 0 saturated heterocycles. The van der Waals surface area contributed by atoms with Crippen LogP contribution in [0.2, 0.25) is 0 Å². The Labute approximate surface area is 95.8 Å². The van der Waals surface area contributed by atoms with Crippen LogP contribution in [0.3, 0.4) is 0 Å². The minimum Gasteiger partial charge on any atom is -0.496 e. The number of methoxy groups -OCH3 is 1. The molecule has 0 aliphatic carbocycles. The zero-order chi connectivity index (χ0) is 12.1. The summed E-state index contributed by atoms with van der Waals surface area (Å²) >= 11 is 0. The first kappa shape index (κ1) is 12.5. The lowest BCUT2D eigenvalue weighted by Crippen LogP contribution is -2.29. The van der Waals surface area contributed by atoms with Crippen molar-refractivity contribution in [1.82, 2.24) is 5.32 Å². The average Bonchev–Trinajstić information content (AvgIpc) is 2.25. The van der Waals surface area contributed by atoms with Crippen LogP contribution in [0.25, 0.3) is 0 Å². The SMILES string of the molecule is COc1c(C)cc(C)cc1CNC(=O)CN. The van der Waals surface area contributed by atoms with E-state index in [-0.39, 0.29) is 12.5 Å². The van der Waals surface area contributed by atoms with Crippen LogP contribution in [-0.2, 0) is 11.3 Å². The number of hydrogen-bond acceptors (Lipinski definition) is 3. The highest BCUT2D eigenvalue weighted by Gasteiger charge is 2.08. The van der Waals surface area contributed by atoms with Gasteiger partial charge in [-0.25, -0.2) is 0 Å². The smallest absolute Gasteiger partial charge is 0.234 e. The van der Waals surface area contributed by atoms with Crippen LogP contribution in [0.15, 0.2) is 12.1 Å². The lowest BCUT2D eigenvalue weighted by molar-refractivity contribution is -0.119. The number of hydrogen-bond donors (Lipinski definition) is 2. The van der Waals surface area contributed by atoms with Crippen LogP contribution < -0.4 is 15.8 Å². The Bertz CT molecular complexity index is 389. The fourth-order valence-electron chi connectivity index (χ4n) is 1.73. The van der Waals surface area contributed by atoms with Gasteiger partial charge < -0.3 is 15.8 Å². The predicted molar refractivity (Wildman–Crippen MR) is 63.4 cm³/mol. The molecule has 0 radical (unpaired) electrons. The molecule has 0 heterocycles. The molecule has 4 nitrogen and oxygen atoms in total. The van der Waals surface area contributed by atoms with E-state index in [1.165, 1.54) is 0 Å². The highest BCUT2D eigenvalue weighted by atomic mass is 16.5. The van der Waals surface area contributed by atoms with Crippen molar-refractivity contribution in [3.8, 4) is 5.75 Å². The van der Waals surface area contributed by atoms with Gasteiger partial charge in [-0.1, -0.05) is 17.7 Å². The van der Waals surface area contributed by atoms with Gasteiger partial charge in [-0.3, -0.25) is 4.79 Å². The topological polar surface area (TPSA) is 64.3 Å². The number of ether oxygens (including phenoxy) is 1. The normalized spacial score (nSPS) is 10.0. The van der Waals surface area contributed by atoms with Gasteiger partial charge in [0.2, 0.25) is 5.91 Å². The lowest BCUT2D eigenvalue weighted by atomic mass is 10.1. The first-order valence-corrected chi connectivity index (χ1v) is 5.19. The van der Waals surface area contributed by atoms with E-state index in [1.807, 2.05) is 26.0 Å². The Morgan fingerprint density at radius 2 is 2.12 bits per heavy atom. The van der Waals surface area contributed by atoms with Gasteiger partial charge in [0, 0.05) is 12.1 Å². The molecule has 4 heteroatoms. The Morgan fingerprint density at radius 3 is 2.69 bits per heavy atom. The maximum Gasteiger partial charge on any atom is 0.234 e. The third-order valence-corrected chi connectivity index (χ3v) is 2.36. The van der Waals surface area contributed by atoms with Crippen molar-refractivity contribution in [3.05, 3.63) is 28.8 Å². The Balaban J connectivity index is 2.89. The molecule has 88 valence electrons. The average molecular weight is 222 g/mol. The van der Waals surface area contributed by atoms with E-state index in [1.54, 1.807) is 7.11 Å². The van der Waals surface area contributed by atoms with Crippen molar-refractivity contribution in [1.29, 1.82) is 0 Å². The number of carbonyl (C=O) groups excluding carboxylic acids is 1. The van der Waals surface area contributed by atoms with Crippen LogP contribution >= 0.6 is 0 Å². The van der Waals surface area contributed by atoms with Crippen molar-refractivity contribution in [3.63, 3.8) is 0 Å². The summed E-state index contributed by atoms with van der Waals surface area (Å²) in [5, 5.41) is 2.73. The van der Waals surface area contributed by atoms with Gasteiger partial charge in [-0.15, -0.1) is 0 Å². The number of nitrogens with one attached hydrogen (secondary N) is 1. The molecule has 0 aliphatic heterocycles. The fraction of sp³-hybridized carbons (Fsp3) is 0.417. The van der Waals surface area contributed by atoms with Crippen molar-refractivity contribution >= 4 is 5.91 Å². The molecule has 16 heavy (non-hydrogen) atoms. The van der Waals surface area contributed by atoms with Crippen molar-refractivity contribution < 1.29 is 9.53 Å². The molecule has 1 aromatic carbocycles. The van der Waals surface area contributed by atoms with Crippen LogP contribution in [0.5, 0.6) is 5.75 Å². The first-order chi connectivity index (χ1) is 7.58. The maximum atomic E-state index is 11.1. The van der Waals surface area contributed by atoms with E-state index in [2.05, 4.69) is 5.32 Å². The van der Waals surface area contributed by atoms with Crippen LogP contribution in [0, 0.1) is 13.8 Å². The molecule has 3 N–H and O–H groups in total. The molecule has 0 unspecified atom stereocenters. The molecule has 1 amide bonds. The summed E-state index contributed by atoms with van der Waals surface area (Å²) in [4.78, 5) is 11.1. The second-order valence-electron chi connectivity index (χ2n) is 3.76. The van der Waals surface area contributed by atoms with Gasteiger partial charge in [0.05, 0.1) is 13.7 Å². The Kier molecular flexibility index (Phi) is 4.31. The number of benzene rings is 1. The summed E-state index contributed by atoms with van der Waals surface area (Å²) < 4.78 is 5.31. The van der Waals surface area contributed by atoms with E-state index in [0.717, 1.165) is 22.4 Å². The van der Waals surface area contributed by atoms with E-state index < -0.39 is 0 Å². The summed E-state index contributed by atoms with van der Waals surface area (Å²) in [6, 6.07) is 4.05. The minimum atomic E-state index is -0.166. The van der Waals surface area contributed by atoms with Gasteiger partial charge in [0.25, 0.3) is 0 Å². The van der Waals surface area contributed by atoms with E-state index >= 15 is 0 Å². The summed E-state index contributed by atoms with van der Waals surface area (Å²) in [6.07, 6.45) is 0. The van der Waals surface area contributed by atoms with Crippen LogP contribution in [-0.4, -0.2) is 19.6 Å². The second-order valence-corrected chi connectivity index (χ2v) is 3.76. The first-order valence-electron chi connectivity index (χ1n) is 5.19. The molecule has 1 rings (SSSR count). The van der Waals surface area contributed by atoms with E-state index in [9.17, 15) is 4.79 Å². The monoisotopic (exact) mass is 222 g/mol. The summed E-state index contributed by atoms with van der Waals surface area (Å²) in [7, 11) is 1.63. The van der Waals surface area contributed by atoms with Crippen LogP contribution in [0.1, 0.15) is 16.7 Å². The third kappa shape index (κ3) is 2.97. The van der Waals surface area contributed by atoms with Crippen molar-refractivity contribution in [2.75, 3.05) is 13.7 Å². The zero-order valence-corrected chi connectivity index (χ0v) is 9.96. The highest BCUT2D eigenvalue weighted by Crippen LogP contribution is 2.24. The fourth-order valence-corrected chi connectivity index (χ4v) is 1.73. The lowest BCUT2D eigenvalue weighted by Gasteiger charge is -2.13. The number of amides is 1. The van der Waals surface area contributed by atoms with Gasteiger partial charge >= 0.3 is 0 Å². The van der Waals surface area contributed by atoms with Gasteiger partial charge in [0.1, 0.15) is 5.75 Å². The number of aryl methyl sites for hydroxylation is 2. The molecule has 0 fully saturated rings. The number of nitrogens with two attached hydrogens (primary N) is 1. The molecule has 0 bridgehead atoms. The second kappa shape index (κ2) is 5.51. The zero-order valence-electron chi connectivity index (χ0n) is 9.96. The molecule has 1 aromatic rings. The predicted octanol–water partition coefficient (Wildman–Crippen LogP) is 0.887. The van der Waals surface area contributed by atoms with Gasteiger partial charge in [-0.05, 0) is 19.4 Å². The molecular weight excluding hydrogens is 204 g/mol. The standard InChI is InChI=1S/C12H18N2O2/c1-8-4-9(2)12(16-3)10(5-8)7-14-11(15)6-13/h4-5H,6-7,13H2,1-3H3,(H,14,15). The van der Waals surface area contributed by atoms with Gasteiger partial charge in [0.15, 0.2) is 0 Å². The number of carbonyl (C=O) groups is 1. The van der Waals surface area contributed by atoms with Gasteiger partial charge in [-0.2, -0.15) is 0 Å². The summed E-state index contributed by atoms with van der Waals surface area (Å²) in [5.74, 6) is 0.657. The molecular formula is C12H18N2O2. The van der Waals surface area contributed by atoms with Crippen LogP contribution in [0.4, 0.5) is 0 Å². The molecule has 0 aromatic heterocycles. The molecule has 0 spiro atoms. The number of rotatable bonds is 4. The molecule has 0 saturated carbocycles. The van der Waals surface area contributed by atoms with E-state index in [4.69, 9.17) is 10.5 Å². The summed E-state index contributed by atoms with van der Waals surface area (Å²) in [6.45, 7) is 4.45. The summed E-state index contributed by atoms with van der Waals surface area (Å²) in [5.41, 5.74) is 8.41. The van der Waals surface area contributed by atoms with Crippen molar-refractivity contribution in [2.45, 2.75) is 20.4 Å². The van der Waals surface area contributed by atoms with Crippen molar-refractivity contribution in [2.24, 2.45) is 5.73 Å². The van der Waals surface area contributed by atoms with E-state index in [0.29, 0.717) is 6.54 Å². The molecule has 0 aliphatic rings. The third-order valence-electron chi connectivity index (χ3n) is 2.36.